The Bertz CT molecular complexity index is 429. The first-order valence-electron chi connectivity index (χ1n) is 7.02. The van der Waals surface area contributed by atoms with Crippen molar-refractivity contribution < 1.29 is 4.74 Å². The molecule has 1 fully saturated rings. The van der Waals surface area contributed by atoms with Crippen molar-refractivity contribution in [3.8, 4) is 5.75 Å². The molecule has 0 spiro atoms. The highest BCUT2D eigenvalue weighted by Gasteiger charge is 2.25. The van der Waals surface area contributed by atoms with Crippen molar-refractivity contribution in [3.05, 3.63) is 23.8 Å². The molecule has 0 amide bonds. The van der Waals surface area contributed by atoms with E-state index in [9.17, 15) is 0 Å². The highest BCUT2D eigenvalue weighted by atomic mass is 16.5. The number of anilines is 1. The fraction of sp³-hybridized carbons (Fsp3) is 0.600. The minimum absolute atomic E-state index is 0.166. The van der Waals surface area contributed by atoms with Crippen molar-refractivity contribution in [2.75, 3.05) is 11.9 Å². The SMILES string of the molecule is CC(Nc1ccc2c(c1)CC(CN)O2)C1CCC1. The number of ether oxygens (including phenoxy) is 1. The van der Waals surface area contributed by atoms with E-state index in [0.717, 1.165) is 18.1 Å². The summed E-state index contributed by atoms with van der Waals surface area (Å²) >= 11 is 0. The Morgan fingerprint density at radius 1 is 1.44 bits per heavy atom. The maximum atomic E-state index is 5.74. The second-order valence-electron chi connectivity index (χ2n) is 5.63. The van der Waals surface area contributed by atoms with Crippen LogP contribution in [-0.4, -0.2) is 18.7 Å². The first-order chi connectivity index (χ1) is 8.76. The average molecular weight is 246 g/mol. The Labute approximate surface area is 109 Å². The van der Waals surface area contributed by atoms with Gasteiger partial charge in [0.25, 0.3) is 0 Å². The normalized spacial score (nSPS) is 24.0. The molecule has 1 aliphatic carbocycles. The molecule has 3 N–H and O–H groups in total. The van der Waals surface area contributed by atoms with Crippen LogP contribution in [0.4, 0.5) is 5.69 Å². The first-order valence-corrected chi connectivity index (χ1v) is 7.02. The molecule has 18 heavy (non-hydrogen) atoms. The standard InChI is InChI=1S/C15H22N2O/c1-10(11-3-2-4-11)17-13-5-6-15-12(7-13)8-14(9-16)18-15/h5-7,10-11,14,17H,2-4,8-9,16H2,1H3. The van der Waals surface area contributed by atoms with Crippen molar-refractivity contribution in [3.63, 3.8) is 0 Å². The summed E-state index contributed by atoms with van der Waals surface area (Å²) in [7, 11) is 0. The Kier molecular flexibility index (Phi) is 3.16. The summed E-state index contributed by atoms with van der Waals surface area (Å²) in [5, 5.41) is 3.62. The Balaban J connectivity index is 1.67. The van der Waals surface area contributed by atoms with Crippen LogP contribution >= 0.6 is 0 Å². The van der Waals surface area contributed by atoms with Gasteiger partial charge in [-0.15, -0.1) is 0 Å². The highest BCUT2D eigenvalue weighted by Crippen LogP contribution is 2.34. The van der Waals surface area contributed by atoms with Crippen molar-refractivity contribution in [1.82, 2.24) is 0 Å². The van der Waals surface area contributed by atoms with E-state index in [2.05, 4.69) is 30.4 Å². The number of hydrogen-bond acceptors (Lipinski definition) is 3. The van der Waals surface area contributed by atoms with Crippen LogP contribution < -0.4 is 15.8 Å². The number of fused-ring (bicyclic) bond motifs is 1. The molecule has 0 saturated heterocycles. The molecule has 98 valence electrons. The van der Waals surface area contributed by atoms with Crippen molar-refractivity contribution in [2.45, 2.75) is 44.8 Å². The zero-order chi connectivity index (χ0) is 12.5. The molecule has 2 unspecified atom stereocenters. The molecule has 2 aliphatic rings. The van der Waals surface area contributed by atoms with Crippen molar-refractivity contribution in [2.24, 2.45) is 11.7 Å². The lowest BCUT2D eigenvalue weighted by Gasteiger charge is -2.32. The molecule has 1 aliphatic heterocycles. The number of nitrogens with one attached hydrogen (secondary N) is 1. The summed E-state index contributed by atoms with van der Waals surface area (Å²) < 4.78 is 5.74. The van der Waals surface area contributed by atoms with Crippen LogP contribution in [0.1, 0.15) is 31.7 Å². The summed E-state index contributed by atoms with van der Waals surface area (Å²) in [5.74, 6) is 1.86. The van der Waals surface area contributed by atoms with Crippen LogP contribution in [0.25, 0.3) is 0 Å². The molecule has 0 bridgehead atoms. The number of rotatable bonds is 4. The second-order valence-corrected chi connectivity index (χ2v) is 5.63. The Morgan fingerprint density at radius 3 is 2.94 bits per heavy atom. The molecular formula is C15H22N2O. The average Bonchev–Trinajstić information content (AvgIpc) is 2.68. The summed E-state index contributed by atoms with van der Waals surface area (Å²) in [6, 6.07) is 6.98. The van der Waals surface area contributed by atoms with Gasteiger partial charge in [-0.25, -0.2) is 0 Å². The zero-order valence-corrected chi connectivity index (χ0v) is 11.0. The van der Waals surface area contributed by atoms with Gasteiger partial charge in [0.15, 0.2) is 0 Å². The fourth-order valence-electron chi connectivity index (χ4n) is 2.86. The van der Waals surface area contributed by atoms with Crippen LogP contribution in [0.15, 0.2) is 18.2 Å². The molecule has 1 aromatic carbocycles. The van der Waals surface area contributed by atoms with Crippen molar-refractivity contribution >= 4 is 5.69 Å². The van der Waals surface area contributed by atoms with Gasteiger partial charge in [0.2, 0.25) is 0 Å². The van der Waals surface area contributed by atoms with Crippen LogP contribution in [0.3, 0.4) is 0 Å². The van der Waals surface area contributed by atoms with Gasteiger partial charge in [0, 0.05) is 24.7 Å². The summed E-state index contributed by atoms with van der Waals surface area (Å²) in [6.07, 6.45) is 5.25. The quantitative estimate of drug-likeness (QED) is 0.858. The third kappa shape index (κ3) is 2.19. The maximum Gasteiger partial charge on any atom is 0.123 e. The van der Waals surface area contributed by atoms with Gasteiger partial charge in [-0.1, -0.05) is 6.42 Å². The van der Waals surface area contributed by atoms with E-state index in [0.29, 0.717) is 12.6 Å². The topological polar surface area (TPSA) is 47.3 Å². The van der Waals surface area contributed by atoms with E-state index in [1.807, 2.05) is 0 Å². The minimum atomic E-state index is 0.166. The molecule has 3 heteroatoms. The van der Waals surface area contributed by atoms with E-state index in [4.69, 9.17) is 10.5 Å². The lowest BCUT2D eigenvalue weighted by Crippen LogP contribution is -2.30. The van der Waals surface area contributed by atoms with Crippen LogP contribution in [0, 0.1) is 5.92 Å². The zero-order valence-electron chi connectivity index (χ0n) is 11.0. The van der Waals surface area contributed by atoms with Crippen molar-refractivity contribution in [1.29, 1.82) is 0 Å². The van der Waals surface area contributed by atoms with Crippen LogP contribution in [0.2, 0.25) is 0 Å². The summed E-state index contributed by atoms with van der Waals surface area (Å²) in [6.45, 7) is 2.88. The van der Waals surface area contributed by atoms with Gasteiger partial charge >= 0.3 is 0 Å². The van der Waals surface area contributed by atoms with Gasteiger partial charge in [0.1, 0.15) is 11.9 Å². The summed E-state index contributed by atoms with van der Waals surface area (Å²) in [4.78, 5) is 0. The maximum absolute atomic E-state index is 5.74. The van der Waals surface area contributed by atoms with Gasteiger partial charge in [-0.2, -0.15) is 0 Å². The van der Waals surface area contributed by atoms with E-state index >= 15 is 0 Å². The lowest BCUT2D eigenvalue weighted by molar-refractivity contribution is 0.241. The molecule has 1 aromatic rings. The molecule has 1 heterocycles. The van der Waals surface area contributed by atoms with E-state index in [-0.39, 0.29) is 6.10 Å². The smallest absolute Gasteiger partial charge is 0.123 e. The second kappa shape index (κ2) is 4.81. The third-order valence-corrected chi connectivity index (χ3v) is 4.32. The molecule has 0 aromatic heterocycles. The summed E-state index contributed by atoms with van der Waals surface area (Å²) in [5.41, 5.74) is 8.16. The highest BCUT2D eigenvalue weighted by molar-refractivity contribution is 5.53. The molecular weight excluding hydrogens is 224 g/mol. The Morgan fingerprint density at radius 2 is 2.28 bits per heavy atom. The van der Waals surface area contributed by atoms with Crippen LogP contribution in [0.5, 0.6) is 5.75 Å². The largest absolute Gasteiger partial charge is 0.488 e. The van der Waals surface area contributed by atoms with E-state index in [1.54, 1.807) is 0 Å². The van der Waals surface area contributed by atoms with E-state index in [1.165, 1.54) is 30.5 Å². The minimum Gasteiger partial charge on any atom is -0.488 e. The fourth-order valence-corrected chi connectivity index (χ4v) is 2.86. The van der Waals surface area contributed by atoms with Crippen LogP contribution in [-0.2, 0) is 6.42 Å². The van der Waals surface area contributed by atoms with E-state index < -0.39 is 0 Å². The molecule has 3 nitrogen and oxygen atoms in total. The molecule has 3 rings (SSSR count). The molecule has 1 saturated carbocycles. The number of hydrogen-bond donors (Lipinski definition) is 2. The lowest BCUT2D eigenvalue weighted by atomic mass is 9.80. The van der Waals surface area contributed by atoms with Gasteiger partial charge in [-0.05, 0) is 49.4 Å². The van der Waals surface area contributed by atoms with Gasteiger partial charge in [0.05, 0.1) is 0 Å². The number of nitrogens with two attached hydrogens (primary N) is 1. The predicted octanol–water partition coefficient (Wildman–Crippen LogP) is 2.55. The third-order valence-electron chi connectivity index (χ3n) is 4.32. The first kappa shape index (κ1) is 11.8. The molecule has 0 radical (unpaired) electrons. The monoisotopic (exact) mass is 246 g/mol. The number of benzene rings is 1. The van der Waals surface area contributed by atoms with Gasteiger partial charge < -0.3 is 15.8 Å². The van der Waals surface area contributed by atoms with Gasteiger partial charge in [-0.3, -0.25) is 0 Å². The Hall–Kier alpha value is -1.22. The molecule has 2 atom stereocenters. The predicted molar refractivity (Wildman–Crippen MR) is 74.0 cm³/mol.